The lowest BCUT2D eigenvalue weighted by Crippen LogP contribution is -1.87. The van der Waals surface area contributed by atoms with E-state index in [1.165, 1.54) is 0 Å². The fraction of sp³-hybridized carbons (Fsp3) is 0.200. The molecule has 0 aliphatic carbocycles. The number of hydrogen-bond donors (Lipinski definition) is 1. The van der Waals surface area contributed by atoms with Crippen LogP contribution in [0.2, 0.25) is 0 Å². The van der Waals surface area contributed by atoms with Crippen molar-refractivity contribution in [2.24, 2.45) is 0 Å². The average molecular weight is 189 g/mol. The quantitative estimate of drug-likeness (QED) is 0.783. The smallest absolute Gasteiger partial charge is 0.121 e. The van der Waals surface area contributed by atoms with E-state index in [0.717, 1.165) is 22.6 Å². The molecule has 0 aliphatic heterocycles. The van der Waals surface area contributed by atoms with Gasteiger partial charge in [0.1, 0.15) is 11.4 Å². The summed E-state index contributed by atoms with van der Waals surface area (Å²) in [5.74, 6) is 0.886. The number of aryl methyl sites for hydroxylation is 1. The number of aromatic amines is 1. The molecule has 1 aromatic heterocycles. The summed E-state index contributed by atoms with van der Waals surface area (Å²) in [6.45, 7) is 2.00. The van der Waals surface area contributed by atoms with E-state index in [1.54, 1.807) is 13.3 Å². The maximum atomic E-state index is 5.17. The van der Waals surface area contributed by atoms with Crippen LogP contribution in [0.4, 0.5) is 0 Å². The minimum Gasteiger partial charge on any atom is -0.496 e. The zero-order chi connectivity index (χ0) is 9.97. The molecule has 14 heavy (non-hydrogen) atoms. The maximum Gasteiger partial charge on any atom is 0.121 e. The van der Waals surface area contributed by atoms with Gasteiger partial charge in [0.2, 0.25) is 0 Å². The summed E-state index contributed by atoms with van der Waals surface area (Å²) in [6, 6.07) is 5.92. The second-order valence-corrected chi connectivity index (χ2v) is 3.04. The third-order valence-electron chi connectivity index (χ3n) is 2.11. The van der Waals surface area contributed by atoms with Crippen LogP contribution in [0, 0.1) is 6.92 Å². The minimum atomic E-state index is 0.843. The Morgan fingerprint density at radius 1 is 1.36 bits per heavy atom. The number of methoxy groups -OCH3 is 1. The van der Waals surface area contributed by atoms with Gasteiger partial charge >= 0.3 is 0 Å². The monoisotopic (exact) mass is 189 g/mol. The molecule has 0 aliphatic rings. The third kappa shape index (κ3) is 1.46. The van der Waals surface area contributed by atoms with Crippen molar-refractivity contribution < 1.29 is 4.74 Å². The maximum absolute atomic E-state index is 5.17. The number of H-pyrrole nitrogens is 1. The van der Waals surface area contributed by atoms with Crippen LogP contribution in [-0.4, -0.2) is 22.5 Å². The van der Waals surface area contributed by atoms with E-state index in [4.69, 9.17) is 4.74 Å². The third-order valence-corrected chi connectivity index (χ3v) is 2.11. The van der Waals surface area contributed by atoms with Gasteiger partial charge in [-0.05, 0) is 30.7 Å². The Bertz CT molecular complexity index is 423. The van der Waals surface area contributed by atoms with Gasteiger partial charge < -0.3 is 4.74 Å². The first-order valence-electron chi connectivity index (χ1n) is 4.32. The first-order chi connectivity index (χ1) is 6.81. The van der Waals surface area contributed by atoms with Gasteiger partial charge in [-0.25, -0.2) is 0 Å². The summed E-state index contributed by atoms with van der Waals surface area (Å²) in [4.78, 5) is 0. The standard InChI is InChI=1S/C10H11N3O/c1-7-5-8(3-4-10(7)14-2)9-6-11-13-12-9/h3-6H,1-2H3,(H,11,12,13). The molecule has 0 bridgehead atoms. The number of ether oxygens (including phenoxy) is 1. The van der Waals surface area contributed by atoms with E-state index in [1.807, 2.05) is 25.1 Å². The number of nitrogens with zero attached hydrogens (tertiary/aromatic N) is 2. The molecular formula is C10H11N3O. The predicted molar refractivity (Wildman–Crippen MR) is 53.1 cm³/mol. The summed E-state index contributed by atoms with van der Waals surface area (Å²) in [6.07, 6.45) is 1.70. The molecule has 2 rings (SSSR count). The normalized spacial score (nSPS) is 10.1. The van der Waals surface area contributed by atoms with E-state index < -0.39 is 0 Å². The van der Waals surface area contributed by atoms with Gasteiger partial charge in [-0.3, -0.25) is 0 Å². The fourth-order valence-electron chi connectivity index (χ4n) is 1.38. The van der Waals surface area contributed by atoms with Gasteiger partial charge in [-0.1, -0.05) is 0 Å². The van der Waals surface area contributed by atoms with Crippen LogP contribution in [-0.2, 0) is 0 Å². The molecule has 0 amide bonds. The van der Waals surface area contributed by atoms with Crippen molar-refractivity contribution in [1.82, 2.24) is 15.4 Å². The van der Waals surface area contributed by atoms with Crippen molar-refractivity contribution in [3.63, 3.8) is 0 Å². The summed E-state index contributed by atoms with van der Waals surface area (Å²) < 4.78 is 5.17. The largest absolute Gasteiger partial charge is 0.496 e. The van der Waals surface area contributed by atoms with Crippen LogP contribution in [0.3, 0.4) is 0 Å². The van der Waals surface area contributed by atoms with Crippen LogP contribution in [0.5, 0.6) is 5.75 Å². The molecule has 0 fully saturated rings. The van der Waals surface area contributed by atoms with Crippen molar-refractivity contribution in [3.05, 3.63) is 30.0 Å². The Balaban J connectivity index is 2.43. The lowest BCUT2D eigenvalue weighted by molar-refractivity contribution is 0.412. The van der Waals surface area contributed by atoms with Gasteiger partial charge in [0.25, 0.3) is 0 Å². The number of rotatable bonds is 2. The van der Waals surface area contributed by atoms with Crippen LogP contribution in [0.1, 0.15) is 5.56 Å². The van der Waals surface area contributed by atoms with Gasteiger partial charge in [0.05, 0.1) is 13.3 Å². The summed E-state index contributed by atoms with van der Waals surface area (Å²) in [5.41, 5.74) is 2.97. The average Bonchev–Trinajstić information content (AvgIpc) is 2.70. The molecule has 4 heteroatoms. The molecule has 0 unspecified atom stereocenters. The molecule has 0 spiro atoms. The van der Waals surface area contributed by atoms with E-state index in [9.17, 15) is 0 Å². The first-order valence-corrected chi connectivity index (χ1v) is 4.32. The lowest BCUT2D eigenvalue weighted by atomic mass is 10.1. The Morgan fingerprint density at radius 2 is 2.21 bits per heavy atom. The molecule has 72 valence electrons. The molecule has 1 aromatic carbocycles. The van der Waals surface area contributed by atoms with E-state index in [0.29, 0.717) is 0 Å². The molecule has 2 aromatic rings. The SMILES string of the molecule is COc1ccc(-c2cn[nH]n2)cc1C. The van der Waals surface area contributed by atoms with Crippen molar-refractivity contribution in [1.29, 1.82) is 0 Å². The van der Waals surface area contributed by atoms with E-state index >= 15 is 0 Å². The Labute approximate surface area is 81.9 Å². The predicted octanol–water partition coefficient (Wildman–Crippen LogP) is 1.79. The van der Waals surface area contributed by atoms with Crippen molar-refractivity contribution in [2.75, 3.05) is 7.11 Å². The van der Waals surface area contributed by atoms with Crippen molar-refractivity contribution in [2.45, 2.75) is 6.92 Å². The molecule has 0 radical (unpaired) electrons. The molecule has 0 saturated carbocycles. The van der Waals surface area contributed by atoms with Crippen LogP contribution < -0.4 is 4.74 Å². The highest BCUT2D eigenvalue weighted by Crippen LogP contribution is 2.23. The zero-order valence-electron chi connectivity index (χ0n) is 8.11. The number of aromatic nitrogens is 3. The number of benzene rings is 1. The lowest BCUT2D eigenvalue weighted by Gasteiger charge is -2.04. The van der Waals surface area contributed by atoms with Crippen LogP contribution in [0.25, 0.3) is 11.3 Å². The van der Waals surface area contributed by atoms with E-state index in [2.05, 4.69) is 15.4 Å². The molecule has 0 atom stereocenters. The minimum absolute atomic E-state index is 0.843. The van der Waals surface area contributed by atoms with Crippen molar-refractivity contribution >= 4 is 0 Å². The van der Waals surface area contributed by atoms with Crippen molar-refractivity contribution in [3.8, 4) is 17.0 Å². The van der Waals surface area contributed by atoms with Gasteiger partial charge in [-0.15, -0.1) is 0 Å². The number of nitrogens with one attached hydrogen (secondary N) is 1. The van der Waals surface area contributed by atoms with Crippen LogP contribution >= 0.6 is 0 Å². The first kappa shape index (κ1) is 8.74. The summed E-state index contributed by atoms with van der Waals surface area (Å²) in [7, 11) is 1.66. The highest BCUT2D eigenvalue weighted by atomic mass is 16.5. The van der Waals surface area contributed by atoms with E-state index in [-0.39, 0.29) is 0 Å². The molecule has 1 heterocycles. The molecular weight excluding hydrogens is 178 g/mol. The highest BCUT2D eigenvalue weighted by Gasteiger charge is 2.03. The molecule has 0 saturated heterocycles. The Hall–Kier alpha value is -1.84. The fourth-order valence-corrected chi connectivity index (χ4v) is 1.38. The van der Waals surface area contributed by atoms with Gasteiger partial charge in [0.15, 0.2) is 0 Å². The summed E-state index contributed by atoms with van der Waals surface area (Å²) >= 11 is 0. The Morgan fingerprint density at radius 3 is 2.79 bits per heavy atom. The van der Waals surface area contributed by atoms with Gasteiger partial charge in [-0.2, -0.15) is 15.4 Å². The van der Waals surface area contributed by atoms with Gasteiger partial charge in [0, 0.05) is 5.56 Å². The summed E-state index contributed by atoms with van der Waals surface area (Å²) in [5, 5.41) is 10.4. The topological polar surface area (TPSA) is 50.8 Å². The molecule has 1 N–H and O–H groups in total. The Kier molecular flexibility index (Phi) is 2.18. The molecule has 4 nitrogen and oxygen atoms in total. The second kappa shape index (κ2) is 3.49. The zero-order valence-corrected chi connectivity index (χ0v) is 8.11. The highest BCUT2D eigenvalue weighted by molar-refractivity contribution is 5.60. The number of hydrogen-bond acceptors (Lipinski definition) is 3. The second-order valence-electron chi connectivity index (χ2n) is 3.04. The van der Waals surface area contributed by atoms with Crippen LogP contribution in [0.15, 0.2) is 24.4 Å².